The summed E-state index contributed by atoms with van der Waals surface area (Å²) in [6.45, 7) is 5.88. The van der Waals surface area contributed by atoms with Gasteiger partial charge in [0.1, 0.15) is 18.0 Å². The summed E-state index contributed by atoms with van der Waals surface area (Å²) in [5.41, 5.74) is -2.46. The molecule has 156 valence electrons. The van der Waals surface area contributed by atoms with E-state index in [0.29, 0.717) is 17.9 Å². The maximum absolute atomic E-state index is 11.9. The van der Waals surface area contributed by atoms with Gasteiger partial charge in [-0.2, -0.15) is 0 Å². The average Bonchev–Trinajstić information content (AvgIpc) is 2.58. The van der Waals surface area contributed by atoms with Gasteiger partial charge in [0.2, 0.25) is 0 Å². The molecule has 0 aromatic heterocycles. The van der Waals surface area contributed by atoms with Crippen LogP contribution in [0.15, 0.2) is 24.3 Å². The molecule has 9 heteroatoms. The number of benzene rings is 1. The molecule has 0 radical (unpaired) electrons. The summed E-state index contributed by atoms with van der Waals surface area (Å²) in [4.78, 5) is 35.9. The third kappa shape index (κ3) is 6.41. The lowest BCUT2D eigenvalue weighted by Gasteiger charge is -2.24. The molecule has 0 aliphatic rings. The second-order valence-electron chi connectivity index (χ2n) is 7.21. The van der Waals surface area contributed by atoms with E-state index in [9.17, 15) is 24.6 Å². The average molecular weight is 397 g/mol. The molecule has 0 aliphatic heterocycles. The molecule has 0 unspecified atom stereocenters. The maximum Gasteiger partial charge on any atom is 0.410 e. The fourth-order valence-corrected chi connectivity index (χ4v) is 2.21. The van der Waals surface area contributed by atoms with Gasteiger partial charge in [-0.05, 0) is 38.5 Å². The van der Waals surface area contributed by atoms with Crippen LogP contribution in [0.4, 0.5) is 4.79 Å². The minimum Gasteiger partial charge on any atom is -0.492 e. The first kappa shape index (κ1) is 23.2. The molecule has 0 saturated heterocycles. The lowest BCUT2D eigenvalue weighted by atomic mass is 9.94. The molecule has 0 saturated carbocycles. The van der Waals surface area contributed by atoms with Gasteiger partial charge in [0.15, 0.2) is 0 Å². The predicted molar refractivity (Wildman–Crippen MR) is 99.5 cm³/mol. The number of nitrogens with zero attached hydrogens (tertiary/aromatic N) is 1. The number of rotatable bonds is 9. The van der Waals surface area contributed by atoms with Gasteiger partial charge in [0, 0.05) is 20.6 Å². The number of carboxylic acid groups (broad SMARTS) is 2. The molecule has 0 heterocycles. The number of likely N-dealkylation sites (N-methyl/N-ethyl adjacent to an activating group) is 1. The van der Waals surface area contributed by atoms with Crippen molar-refractivity contribution in [2.75, 3.05) is 27.3 Å². The summed E-state index contributed by atoms with van der Waals surface area (Å²) in [7, 11) is 2.64. The number of hydrogen-bond donors (Lipinski definition) is 2. The monoisotopic (exact) mass is 397 g/mol. The zero-order chi connectivity index (χ0) is 21.5. The molecular weight excluding hydrogens is 370 g/mol. The Morgan fingerprint density at radius 3 is 2.00 bits per heavy atom. The van der Waals surface area contributed by atoms with Gasteiger partial charge in [-0.15, -0.1) is 0 Å². The quantitative estimate of drug-likeness (QED) is 0.607. The number of ether oxygens (including phenoxy) is 3. The molecule has 1 aromatic carbocycles. The third-order valence-electron chi connectivity index (χ3n) is 3.82. The van der Waals surface area contributed by atoms with Gasteiger partial charge in [0.05, 0.1) is 6.54 Å². The molecule has 1 aromatic rings. The van der Waals surface area contributed by atoms with Gasteiger partial charge in [-0.25, -0.2) is 14.4 Å². The van der Waals surface area contributed by atoms with Crippen molar-refractivity contribution in [2.45, 2.75) is 38.4 Å². The Hall–Kier alpha value is -2.81. The van der Waals surface area contributed by atoms with E-state index in [1.807, 2.05) is 0 Å². The van der Waals surface area contributed by atoms with E-state index in [4.69, 9.17) is 14.2 Å². The number of aliphatic carboxylic acids is 2. The highest BCUT2D eigenvalue weighted by Gasteiger charge is 2.47. The van der Waals surface area contributed by atoms with Crippen LogP contribution in [0.3, 0.4) is 0 Å². The Kier molecular flexibility index (Phi) is 7.80. The Bertz CT molecular complexity index is 679. The smallest absolute Gasteiger partial charge is 0.410 e. The molecule has 1 rings (SSSR count). The van der Waals surface area contributed by atoms with Gasteiger partial charge >= 0.3 is 18.0 Å². The fraction of sp³-hybridized carbons (Fsp3) is 0.526. The van der Waals surface area contributed by atoms with Crippen LogP contribution in [0.2, 0.25) is 0 Å². The fourth-order valence-electron chi connectivity index (χ4n) is 2.21. The zero-order valence-electron chi connectivity index (χ0n) is 16.7. The molecule has 0 aliphatic carbocycles. The minimum atomic E-state index is -2.35. The van der Waals surface area contributed by atoms with Crippen LogP contribution in [0, 0.1) is 0 Å². The second-order valence-corrected chi connectivity index (χ2v) is 7.21. The summed E-state index contributed by atoms with van der Waals surface area (Å²) in [6.07, 6.45) is -0.791. The number of hydrogen-bond acceptors (Lipinski definition) is 6. The predicted octanol–water partition coefficient (Wildman–Crippen LogP) is 2.03. The molecule has 28 heavy (non-hydrogen) atoms. The standard InChI is InChI=1S/C19H27NO8/c1-18(2,3)28-17(25)20(4)10-11-27-14-8-6-13(7-9-14)12-19(26-5,15(21)22)16(23)24/h6-9H,10-12H2,1-5H3,(H,21,22)(H,23,24). The lowest BCUT2D eigenvalue weighted by Crippen LogP contribution is -2.50. The van der Waals surface area contributed by atoms with E-state index < -0.39 is 29.2 Å². The van der Waals surface area contributed by atoms with Gasteiger partial charge in [-0.1, -0.05) is 12.1 Å². The number of methoxy groups -OCH3 is 1. The van der Waals surface area contributed by atoms with Gasteiger partial charge < -0.3 is 29.3 Å². The summed E-state index contributed by atoms with van der Waals surface area (Å²) in [6, 6.07) is 6.30. The highest BCUT2D eigenvalue weighted by atomic mass is 16.6. The van der Waals surface area contributed by atoms with Crippen molar-refractivity contribution in [3.63, 3.8) is 0 Å². The topological polar surface area (TPSA) is 123 Å². The molecule has 9 nitrogen and oxygen atoms in total. The highest BCUT2D eigenvalue weighted by Crippen LogP contribution is 2.21. The Labute approximate surface area is 163 Å². The Balaban J connectivity index is 2.63. The summed E-state index contributed by atoms with van der Waals surface area (Å²) in [5, 5.41) is 18.4. The number of amides is 1. The van der Waals surface area contributed by atoms with Crippen molar-refractivity contribution in [2.24, 2.45) is 0 Å². The molecule has 0 spiro atoms. The SMILES string of the molecule is COC(Cc1ccc(OCCN(C)C(=O)OC(C)(C)C)cc1)(C(=O)O)C(=O)O. The number of carbonyl (C=O) groups excluding carboxylic acids is 1. The normalized spacial score (nSPS) is 11.6. The molecular formula is C19H27NO8. The van der Waals surface area contributed by atoms with Crippen molar-refractivity contribution in [3.8, 4) is 5.75 Å². The molecule has 0 bridgehead atoms. The number of carboxylic acids is 2. The van der Waals surface area contributed by atoms with Crippen LogP contribution in [0.5, 0.6) is 5.75 Å². The molecule has 0 fully saturated rings. The van der Waals surface area contributed by atoms with Crippen molar-refractivity contribution >= 4 is 18.0 Å². The van der Waals surface area contributed by atoms with E-state index >= 15 is 0 Å². The lowest BCUT2D eigenvalue weighted by molar-refractivity contribution is -0.179. The largest absolute Gasteiger partial charge is 0.492 e. The van der Waals surface area contributed by atoms with Crippen molar-refractivity contribution in [1.29, 1.82) is 0 Å². The van der Waals surface area contributed by atoms with Gasteiger partial charge in [0.25, 0.3) is 5.60 Å². The number of carbonyl (C=O) groups is 3. The molecule has 0 atom stereocenters. The van der Waals surface area contributed by atoms with Crippen LogP contribution in [0.1, 0.15) is 26.3 Å². The van der Waals surface area contributed by atoms with Crippen molar-refractivity contribution in [1.82, 2.24) is 4.90 Å². The van der Waals surface area contributed by atoms with E-state index in [0.717, 1.165) is 7.11 Å². The maximum atomic E-state index is 11.9. The minimum absolute atomic E-state index is 0.224. The highest BCUT2D eigenvalue weighted by molar-refractivity contribution is 6.02. The summed E-state index contributed by atoms with van der Waals surface area (Å²) < 4.78 is 15.6. The van der Waals surface area contributed by atoms with Crippen molar-refractivity contribution in [3.05, 3.63) is 29.8 Å². The van der Waals surface area contributed by atoms with Crippen molar-refractivity contribution < 1.29 is 38.8 Å². The summed E-state index contributed by atoms with van der Waals surface area (Å²) in [5.74, 6) is -2.66. The Morgan fingerprint density at radius 2 is 1.57 bits per heavy atom. The van der Waals surface area contributed by atoms with Crippen LogP contribution >= 0.6 is 0 Å². The first-order chi connectivity index (χ1) is 12.9. The van der Waals surface area contributed by atoms with E-state index in [2.05, 4.69) is 0 Å². The van der Waals surface area contributed by atoms with Gasteiger partial charge in [-0.3, -0.25) is 0 Å². The molecule has 1 amide bonds. The van der Waals surface area contributed by atoms with Crippen LogP contribution in [0.25, 0.3) is 0 Å². The van der Waals surface area contributed by atoms with E-state index in [1.165, 1.54) is 4.90 Å². The van der Waals surface area contributed by atoms with Crippen LogP contribution < -0.4 is 4.74 Å². The zero-order valence-corrected chi connectivity index (χ0v) is 16.7. The van der Waals surface area contributed by atoms with Crippen LogP contribution in [-0.4, -0.2) is 71.7 Å². The van der Waals surface area contributed by atoms with E-state index in [1.54, 1.807) is 52.1 Å². The first-order valence-corrected chi connectivity index (χ1v) is 8.59. The molecule has 2 N–H and O–H groups in total. The van der Waals surface area contributed by atoms with Crippen LogP contribution in [-0.2, 0) is 25.5 Å². The summed E-state index contributed by atoms with van der Waals surface area (Å²) >= 11 is 0. The van der Waals surface area contributed by atoms with E-state index in [-0.39, 0.29) is 13.0 Å². The second kappa shape index (κ2) is 9.41. The first-order valence-electron chi connectivity index (χ1n) is 8.59. The third-order valence-corrected chi connectivity index (χ3v) is 3.82. The Morgan fingerprint density at radius 1 is 1.04 bits per heavy atom.